The number of ether oxygens (including phenoxy) is 1. The second kappa shape index (κ2) is 8.58. The van der Waals surface area contributed by atoms with Crippen LogP contribution in [0.4, 0.5) is 10.5 Å². The van der Waals surface area contributed by atoms with E-state index in [1.165, 1.54) is 19.2 Å². The van der Waals surface area contributed by atoms with Crippen LogP contribution in [0.15, 0.2) is 42.5 Å². The molecule has 6 nitrogen and oxygen atoms in total. The summed E-state index contributed by atoms with van der Waals surface area (Å²) in [5.74, 6) is -1.04. The molecular weight excluding hydrogens is 356 g/mol. The number of carbonyl (C=O) groups is 2. The standard InChI is InChI=1S/C19H21ClN2O4/c1-12(2)22(11-13-7-5-4-6-8-13)19(25)21-16-10-17(26-3)14(18(23)24)9-15(16)20/h4-10,12H,11H2,1-3H3,(H,21,25)(H,23,24). The van der Waals surface area contributed by atoms with Gasteiger partial charge in [-0.15, -0.1) is 0 Å². The number of carboxylic acids is 1. The molecule has 0 aromatic heterocycles. The summed E-state index contributed by atoms with van der Waals surface area (Å²) >= 11 is 6.14. The fourth-order valence-corrected chi connectivity index (χ4v) is 2.65. The zero-order chi connectivity index (χ0) is 19.3. The molecule has 0 saturated heterocycles. The quantitative estimate of drug-likeness (QED) is 0.778. The van der Waals surface area contributed by atoms with Gasteiger partial charge in [0.05, 0.1) is 17.8 Å². The highest BCUT2D eigenvalue weighted by molar-refractivity contribution is 6.34. The number of hydrogen-bond acceptors (Lipinski definition) is 3. The lowest BCUT2D eigenvalue weighted by atomic mass is 10.1. The molecule has 7 heteroatoms. The summed E-state index contributed by atoms with van der Waals surface area (Å²) in [5, 5.41) is 12.0. The van der Waals surface area contributed by atoms with Crippen molar-refractivity contribution in [2.24, 2.45) is 0 Å². The average molecular weight is 377 g/mol. The Labute approximate surface area is 157 Å². The number of urea groups is 1. The summed E-state index contributed by atoms with van der Waals surface area (Å²) in [5.41, 5.74) is 1.22. The molecule has 2 rings (SSSR count). The molecule has 0 atom stereocenters. The third-order valence-corrected chi connectivity index (χ3v) is 4.15. The van der Waals surface area contributed by atoms with Gasteiger partial charge in [0.15, 0.2) is 0 Å². The first kappa shape index (κ1) is 19.6. The molecule has 0 fully saturated rings. The molecule has 0 aliphatic heterocycles. The first-order chi connectivity index (χ1) is 12.3. The number of aromatic carboxylic acids is 1. The molecule has 0 radical (unpaired) electrons. The molecule has 0 saturated carbocycles. The summed E-state index contributed by atoms with van der Waals surface area (Å²) in [7, 11) is 1.36. The minimum Gasteiger partial charge on any atom is -0.496 e. The average Bonchev–Trinajstić information content (AvgIpc) is 2.61. The van der Waals surface area contributed by atoms with E-state index >= 15 is 0 Å². The van der Waals surface area contributed by atoms with Crippen LogP contribution in [0.2, 0.25) is 5.02 Å². The van der Waals surface area contributed by atoms with Crippen LogP contribution in [0.1, 0.15) is 29.8 Å². The molecule has 2 N–H and O–H groups in total. The lowest BCUT2D eigenvalue weighted by molar-refractivity contribution is 0.0693. The number of halogens is 1. The number of nitrogens with zero attached hydrogens (tertiary/aromatic N) is 1. The van der Waals surface area contributed by atoms with Crippen molar-refractivity contribution < 1.29 is 19.4 Å². The summed E-state index contributed by atoms with van der Waals surface area (Å²) in [6, 6.07) is 11.9. The number of anilines is 1. The zero-order valence-electron chi connectivity index (χ0n) is 14.8. The van der Waals surface area contributed by atoms with Gasteiger partial charge in [-0.25, -0.2) is 9.59 Å². The Hall–Kier alpha value is -2.73. The maximum Gasteiger partial charge on any atom is 0.339 e. The Kier molecular flexibility index (Phi) is 6.46. The Balaban J connectivity index is 2.25. The molecule has 2 aromatic carbocycles. The van der Waals surface area contributed by atoms with E-state index in [1.54, 1.807) is 4.90 Å². The Morgan fingerprint density at radius 2 is 1.88 bits per heavy atom. The fourth-order valence-electron chi connectivity index (χ4n) is 2.44. The highest BCUT2D eigenvalue weighted by atomic mass is 35.5. The number of methoxy groups -OCH3 is 1. The maximum absolute atomic E-state index is 12.7. The molecule has 26 heavy (non-hydrogen) atoms. The fraction of sp³-hybridized carbons (Fsp3) is 0.263. The van der Waals surface area contributed by atoms with Crippen LogP contribution < -0.4 is 10.1 Å². The lowest BCUT2D eigenvalue weighted by Crippen LogP contribution is -2.39. The van der Waals surface area contributed by atoms with E-state index in [0.717, 1.165) is 5.56 Å². The largest absolute Gasteiger partial charge is 0.496 e. The highest BCUT2D eigenvalue weighted by Crippen LogP contribution is 2.31. The summed E-state index contributed by atoms with van der Waals surface area (Å²) in [4.78, 5) is 25.6. The van der Waals surface area contributed by atoms with Crippen molar-refractivity contribution in [2.45, 2.75) is 26.4 Å². The molecule has 0 bridgehead atoms. The maximum atomic E-state index is 12.7. The first-order valence-electron chi connectivity index (χ1n) is 8.05. The van der Waals surface area contributed by atoms with Crippen LogP contribution >= 0.6 is 11.6 Å². The van der Waals surface area contributed by atoms with Gasteiger partial charge in [0, 0.05) is 18.7 Å². The van der Waals surface area contributed by atoms with Crippen LogP contribution in [0, 0.1) is 0 Å². The minimum absolute atomic E-state index is 0.0471. The van der Waals surface area contributed by atoms with E-state index in [2.05, 4.69) is 5.32 Å². The third kappa shape index (κ3) is 4.67. The summed E-state index contributed by atoms with van der Waals surface area (Å²) in [6.07, 6.45) is 0. The number of rotatable bonds is 6. The third-order valence-electron chi connectivity index (χ3n) is 3.84. The molecule has 0 aliphatic rings. The summed E-state index contributed by atoms with van der Waals surface area (Å²) < 4.78 is 5.08. The van der Waals surface area contributed by atoms with Gasteiger partial charge in [-0.05, 0) is 25.5 Å². The number of carbonyl (C=O) groups excluding carboxylic acids is 1. The van der Waals surface area contributed by atoms with Crippen LogP contribution in [0.5, 0.6) is 5.75 Å². The molecule has 138 valence electrons. The Morgan fingerprint density at radius 1 is 1.23 bits per heavy atom. The molecular formula is C19H21ClN2O4. The SMILES string of the molecule is COc1cc(NC(=O)N(Cc2ccccc2)C(C)C)c(Cl)cc1C(=O)O. The van der Waals surface area contributed by atoms with E-state index in [4.69, 9.17) is 16.3 Å². The first-order valence-corrected chi connectivity index (χ1v) is 8.43. The molecule has 0 heterocycles. The van der Waals surface area contributed by atoms with Gasteiger partial charge in [0.25, 0.3) is 0 Å². The monoisotopic (exact) mass is 376 g/mol. The van der Waals surface area contributed by atoms with Crippen molar-refractivity contribution in [1.82, 2.24) is 4.90 Å². The van der Waals surface area contributed by atoms with Gasteiger partial charge in [0.2, 0.25) is 0 Å². The van der Waals surface area contributed by atoms with Crippen molar-refractivity contribution in [3.63, 3.8) is 0 Å². The van der Waals surface area contributed by atoms with Gasteiger partial charge in [-0.3, -0.25) is 0 Å². The van der Waals surface area contributed by atoms with E-state index in [1.807, 2.05) is 44.2 Å². The molecule has 0 spiro atoms. The topological polar surface area (TPSA) is 78.9 Å². The highest BCUT2D eigenvalue weighted by Gasteiger charge is 2.21. The molecule has 0 aliphatic carbocycles. The van der Waals surface area contributed by atoms with Crippen molar-refractivity contribution >= 4 is 29.3 Å². The number of amides is 2. The van der Waals surface area contributed by atoms with E-state index < -0.39 is 5.97 Å². The zero-order valence-corrected chi connectivity index (χ0v) is 15.6. The van der Waals surface area contributed by atoms with Crippen LogP contribution in [-0.4, -0.2) is 35.2 Å². The Bertz CT molecular complexity index is 794. The number of carboxylic acid groups (broad SMARTS) is 1. The van der Waals surface area contributed by atoms with Gasteiger partial charge in [0.1, 0.15) is 11.3 Å². The number of hydrogen-bond donors (Lipinski definition) is 2. The normalized spacial score (nSPS) is 10.5. The molecule has 2 amide bonds. The number of benzene rings is 2. The second-order valence-corrected chi connectivity index (χ2v) is 6.38. The van der Waals surface area contributed by atoms with E-state index in [9.17, 15) is 14.7 Å². The van der Waals surface area contributed by atoms with E-state index in [-0.39, 0.29) is 34.1 Å². The van der Waals surface area contributed by atoms with Crippen LogP contribution in [0.25, 0.3) is 0 Å². The Morgan fingerprint density at radius 3 is 2.42 bits per heavy atom. The lowest BCUT2D eigenvalue weighted by Gasteiger charge is -2.27. The summed E-state index contributed by atoms with van der Waals surface area (Å²) in [6.45, 7) is 4.27. The van der Waals surface area contributed by atoms with Gasteiger partial charge < -0.3 is 20.1 Å². The van der Waals surface area contributed by atoms with Gasteiger partial charge in [-0.2, -0.15) is 0 Å². The van der Waals surface area contributed by atoms with Crippen LogP contribution in [-0.2, 0) is 6.54 Å². The smallest absolute Gasteiger partial charge is 0.339 e. The minimum atomic E-state index is -1.16. The van der Waals surface area contributed by atoms with Crippen molar-refractivity contribution in [3.8, 4) is 5.75 Å². The second-order valence-electron chi connectivity index (χ2n) is 5.97. The molecule has 0 unspecified atom stereocenters. The van der Waals surface area contributed by atoms with Crippen LogP contribution in [0.3, 0.4) is 0 Å². The van der Waals surface area contributed by atoms with Crippen molar-refractivity contribution in [3.05, 3.63) is 58.6 Å². The van der Waals surface area contributed by atoms with Crippen molar-refractivity contribution in [1.29, 1.82) is 0 Å². The van der Waals surface area contributed by atoms with E-state index in [0.29, 0.717) is 6.54 Å². The van der Waals surface area contributed by atoms with Crippen molar-refractivity contribution in [2.75, 3.05) is 12.4 Å². The van der Waals surface area contributed by atoms with Gasteiger partial charge >= 0.3 is 12.0 Å². The number of nitrogens with one attached hydrogen (secondary N) is 1. The molecule has 2 aromatic rings. The predicted molar refractivity (Wildman–Crippen MR) is 101 cm³/mol. The van der Waals surface area contributed by atoms with Gasteiger partial charge in [-0.1, -0.05) is 41.9 Å². The predicted octanol–water partition coefficient (Wildman–Crippen LogP) is 4.49.